The topological polar surface area (TPSA) is 79.7 Å². The van der Waals surface area contributed by atoms with Gasteiger partial charge in [0.25, 0.3) is 10.0 Å². The molecule has 0 saturated heterocycles. The van der Waals surface area contributed by atoms with E-state index < -0.39 is 10.0 Å². The molecule has 1 atom stereocenters. The Hall–Kier alpha value is -2.90. The maximum atomic E-state index is 13.6. The molecular formula is C25H30N2O4S. The summed E-state index contributed by atoms with van der Waals surface area (Å²) in [5.41, 5.74) is 4.53. The van der Waals surface area contributed by atoms with Crippen LogP contribution in [0.1, 0.15) is 29.2 Å². The second kappa shape index (κ2) is 10.1. The summed E-state index contributed by atoms with van der Waals surface area (Å²) in [7, 11) is -3.97. The number of rotatable bonds is 9. The lowest BCUT2D eigenvalue weighted by Gasteiger charge is -2.29. The van der Waals surface area contributed by atoms with Crippen molar-refractivity contribution in [3.05, 3.63) is 83.0 Å². The minimum Gasteiger partial charge on any atom is -0.487 e. The molecule has 0 unspecified atom stereocenters. The van der Waals surface area contributed by atoms with Crippen molar-refractivity contribution < 1.29 is 18.3 Å². The number of aromatic nitrogens is 1. The Morgan fingerprint density at radius 1 is 1.03 bits per heavy atom. The molecule has 32 heavy (non-hydrogen) atoms. The molecule has 7 heteroatoms. The highest BCUT2D eigenvalue weighted by Gasteiger charge is 2.30. The summed E-state index contributed by atoms with van der Waals surface area (Å²) in [6.07, 6.45) is 1.45. The Bertz CT molecular complexity index is 1150. The van der Waals surface area contributed by atoms with Crippen LogP contribution in [0.5, 0.6) is 5.75 Å². The number of nitrogens with zero attached hydrogens (tertiary/aromatic N) is 2. The van der Waals surface area contributed by atoms with Crippen LogP contribution in [0.25, 0.3) is 0 Å². The minimum absolute atomic E-state index is 0.0483. The molecule has 1 heterocycles. The number of benzene rings is 2. The molecule has 170 valence electrons. The van der Waals surface area contributed by atoms with E-state index in [2.05, 4.69) is 4.98 Å². The second-order valence-corrected chi connectivity index (χ2v) is 9.98. The summed E-state index contributed by atoms with van der Waals surface area (Å²) in [4.78, 5) is 4.07. The zero-order chi connectivity index (χ0) is 23.3. The van der Waals surface area contributed by atoms with Crippen LogP contribution in [0.3, 0.4) is 0 Å². The van der Waals surface area contributed by atoms with Gasteiger partial charge in [-0.25, -0.2) is 4.98 Å². The maximum Gasteiger partial charge on any atom is 0.281 e. The molecule has 3 rings (SSSR count). The number of anilines is 1. The standard InChI is InChI=1S/C25H30N2O4S/c1-18-8-10-22(11-9-18)17-31-24-14-21(4)20(3)13-23(24)27(15-19(2)16-28)32(29,30)25-7-5-6-12-26-25/h5-14,19,28H,15-17H2,1-4H3/t19-/m1/s1. The molecule has 0 saturated carbocycles. The van der Waals surface area contributed by atoms with Gasteiger partial charge in [0.05, 0.1) is 5.69 Å². The van der Waals surface area contributed by atoms with Crippen molar-refractivity contribution in [3.63, 3.8) is 0 Å². The molecule has 0 fully saturated rings. The number of hydrogen-bond donors (Lipinski definition) is 1. The molecule has 0 bridgehead atoms. The highest BCUT2D eigenvalue weighted by Crippen LogP contribution is 2.36. The van der Waals surface area contributed by atoms with Gasteiger partial charge in [-0.15, -0.1) is 0 Å². The van der Waals surface area contributed by atoms with E-state index in [0.29, 0.717) is 18.0 Å². The highest BCUT2D eigenvalue weighted by atomic mass is 32.2. The molecule has 6 nitrogen and oxygen atoms in total. The molecule has 0 spiro atoms. The molecule has 0 aliphatic carbocycles. The van der Waals surface area contributed by atoms with Gasteiger partial charge in [-0.1, -0.05) is 42.8 Å². The van der Waals surface area contributed by atoms with Crippen LogP contribution in [-0.4, -0.2) is 31.7 Å². The third-order valence-corrected chi connectivity index (χ3v) is 7.04. The van der Waals surface area contributed by atoms with E-state index in [1.807, 2.05) is 57.2 Å². The predicted molar refractivity (Wildman–Crippen MR) is 126 cm³/mol. The van der Waals surface area contributed by atoms with Crippen LogP contribution >= 0.6 is 0 Å². The fraction of sp³-hybridized carbons (Fsp3) is 0.320. The fourth-order valence-electron chi connectivity index (χ4n) is 3.21. The number of aliphatic hydroxyl groups excluding tert-OH is 1. The van der Waals surface area contributed by atoms with E-state index in [-0.39, 0.29) is 24.1 Å². The summed E-state index contributed by atoms with van der Waals surface area (Å²) < 4.78 is 34.6. The number of ether oxygens (including phenoxy) is 1. The molecular weight excluding hydrogens is 424 g/mol. The zero-order valence-corrected chi connectivity index (χ0v) is 19.8. The molecule has 0 radical (unpaired) electrons. The van der Waals surface area contributed by atoms with E-state index in [1.54, 1.807) is 19.1 Å². The third-order valence-electron chi connectivity index (χ3n) is 5.34. The van der Waals surface area contributed by atoms with Gasteiger partial charge in [0.2, 0.25) is 0 Å². The lowest BCUT2D eigenvalue weighted by molar-refractivity contribution is 0.241. The van der Waals surface area contributed by atoms with Crippen LogP contribution in [0.2, 0.25) is 0 Å². The Kier molecular flexibility index (Phi) is 7.53. The molecule has 0 aliphatic heterocycles. The minimum atomic E-state index is -3.97. The van der Waals surface area contributed by atoms with E-state index >= 15 is 0 Å². The van der Waals surface area contributed by atoms with E-state index in [4.69, 9.17) is 4.74 Å². The Balaban J connectivity index is 2.06. The van der Waals surface area contributed by atoms with Crippen molar-refractivity contribution >= 4 is 15.7 Å². The Labute approximate surface area is 190 Å². The summed E-state index contributed by atoms with van der Waals surface area (Å²) in [5, 5.41) is 9.59. The molecule has 1 aromatic heterocycles. The van der Waals surface area contributed by atoms with Crippen molar-refractivity contribution in [3.8, 4) is 5.75 Å². The van der Waals surface area contributed by atoms with Crippen molar-refractivity contribution in [2.24, 2.45) is 5.92 Å². The van der Waals surface area contributed by atoms with Crippen molar-refractivity contribution in [1.82, 2.24) is 4.98 Å². The summed E-state index contributed by atoms with van der Waals surface area (Å²) in [6, 6.07) is 16.5. The van der Waals surface area contributed by atoms with Gasteiger partial charge in [0, 0.05) is 19.3 Å². The van der Waals surface area contributed by atoms with Crippen LogP contribution in [0.15, 0.2) is 65.8 Å². The van der Waals surface area contributed by atoms with Gasteiger partial charge in [0.15, 0.2) is 5.03 Å². The quantitative estimate of drug-likeness (QED) is 0.518. The summed E-state index contributed by atoms with van der Waals surface area (Å²) in [5.74, 6) is 0.193. The lowest BCUT2D eigenvalue weighted by Crippen LogP contribution is -2.36. The molecule has 0 amide bonds. The van der Waals surface area contributed by atoms with Crippen LogP contribution in [0, 0.1) is 26.7 Å². The second-order valence-electron chi connectivity index (χ2n) is 8.17. The zero-order valence-electron chi connectivity index (χ0n) is 18.9. The van der Waals surface area contributed by atoms with Gasteiger partial charge >= 0.3 is 0 Å². The van der Waals surface area contributed by atoms with Crippen LogP contribution in [0.4, 0.5) is 5.69 Å². The smallest absolute Gasteiger partial charge is 0.281 e. The monoisotopic (exact) mass is 454 g/mol. The first-order chi connectivity index (χ1) is 15.2. The first-order valence-electron chi connectivity index (χ1n) is 10.6. The Morgan fingerprint density at radius 3 is 2.34 bits per heavy atom. The molecule has 0 aliphatic rings. The summed E-state index contributed by atoms with van der Waals surface area (Å²) in [6.45, 7) is 7.99. The predicted octanol–water partition coefficient (Wildman–Crippen LogP) is 4.41. The van der Waals surface area contributed by atoms with E-state index in [9.17, 15) is 13.5 Å². The normalized spacial score (nSPS) is 12.4. The lowest BCUT2D eigenvalue weighted by atomic mass is 10.1. The average Bonchev–Trinajstić information content (AvgIpc) is 2.79. The van der Waals surface area contributed by atoms with Gasteiger partial charge in [-0.2, -0.15) is 8.42 Å². The van der Waals surface area contributed by atoms with Crippen LogP contribution < -0.4 is 9.04 Å². The summed E-state index contributed by atoms with van der Waals surface area (Å²) >= 11 is 0. The third kappa shape index (κ3) is 5.47. The number of aryl methyl sites for hydroxylation is 3. The number of aliphatic hydroxyl groups is 1. The van der Waals surface area contributed by atoms with E-state index in [0.717, 1.165) is 22.3 Å². The first-order valence-corrected chi connectivity index (χ1v) is 12.0. The van der Waals surface area contributed by atoms with Gasteiger partial charge in [-0.05, 0) is 67.6 Å². The van der Waals surface area contributed by atoms with Crippen molar-refractivity contribution in [2.45, 2.75) is 39.3 Å². The largest absolute Gasteiger partial charge is 0.487 e. The first kappa shape index (κ1) is 23.8. The van der Waals surface area contributed by atoms with Crippen molar-refractivity contribution in [2.75, 3.05) is 17.5 Å². The number of pyridine rings is 1. The van der Waals surface area contributed by atoms with Gasteiger partial charge in [-0.3, -0.25) is 4.31 Å². The molecule has 3 aromatic rings. The van der Waals surface area contributed by atoms with Crippen LogP contribution in [-0.2, 0) is 16.6 Å². The average molecular weight is 455 g/mol. The molecule has 2 aromatic carbocycles. The SMILES string of the molecule is Cc1ccc(COc2cc(C)c(C)cc2N(C[C@@H](C)CO)S(=O)(=O)c2ccccn2)cc1. The number of hydrogen-bond acceptors (Lipinski definition) is 5. The van der Waals surface area contributed by atoms with Gasteiger partial charge < -0.3 is 9.84 Å². The van der Waals surface area contributed by atoms with Crippen molar-refractivity contribution in [1.29, 1.82) is 0 Å². The molecule has 1 N–H and O–H groups in total. The fourth-order valence-corrected chi connectivity index (χ4v) is 4.73. The number of sulfonamides is 1. The maximum absolute atomic E-state index is 13.6. The van der Waals surface area contributed by atoms with E-state index in [1.165, 1.54) is 16.6 Å². The van der Waals surface area contributed by atoms with Gasteiger partial charge in [0.1, 0.15) is 12.4 Å². The highest BCUT2D eigenvalue weighted by molar-refractivity contribution is 7.92. The Morgan fingerprint density at radius 2 is 1.72 bits per heavy atom.